The summed E-state index contributed by atoms with van der Waals surface area (Å²) in [5.41, 5.74) is -4.70. The number of hydrogen-bond donors (Lipinski definition) is 0. The minimum atomic E-state index is -5.16. The second kappa shape index (κ2) is 16.3. The lowest BCUT2D eigenvalue weighted by atomic mass is 9.86. The molecule has 4 aliphatic carbocycles. The van der Waals surface area contributed by atoms with Crippen LogP contribution in [0.2, 0.25) is 5.02 Å². The first-order valence-electron chi connectivity index (χ1n) is 22.0. The number of hydrogen-bond acceptors (Lipinski definition) is 8. The van der Waals surface area contributed by atoms with Crippen LogP contribution in [0, 0.1) is 29.4 Å². The van der Waals surface area contributed by atoms with Crippen molar-refractivity contribution < 1.29 is 65.5 Å². The number of halogens is 11. The normalized spacial score (nSPS) is 20.4. The molecule has 3 saturated carbocycles. The summed E-state index contributed by atoms with van der Waals surface area (Å²) >= 11 is 6.67. The van der Waals surface area contributed by atoms with Gasteiger partial charge in [0.1, 0.15) is 40.9 Å². The molecule has 0 aliphatic heterocycles. The Balaban J connectivity index is 1.23. The Hall–Kier alpha value is -5.01. The summed E-state index contributed by atoms with van der Waals surface area (Å²) < 4.78 is 198. The van der Waals surface area contributed by atoms with Crippen molar-refractivity contribution in [2.75, 3.05) is 0 Å². The molecule has 70 heavy (non-hydrogen) atoms. The lowest BCUT2D eigenvalue weighted by Gasteiger charge is -2.23. The first kappa shape index (κ1) is 50.0. The van der Waals surface area contributed by atoms with E-state index in [2.05, 4.69) is 22.0 Å². The molecule has 23 heteroatoms. The van der Waals surface area contributed by atoms with E-state index in [1.165, 1.54) is 45.0 Å². The maximum absolute atomic E-state index is 15.6. The van der Waals surface area contributed by atoms with Gasteiger partial charge in [-0.25, -0.2) is 30.6 Å². The van der Waals surface area contributed by atoms with Crippen molar-refractivity contribution in [2.24, 2.45) is 5.92 Å². The van der Waals surface area contributed by atoms with E-state index < -0.39 is 136 Å². The first-order chi connectivity index (χ1) is 32.3. The molecule has 0 amide bonds. The van der Waals surface area contributed by atoms with Crippen LogP contribution in [0.5, 0.6) is 0 Å². The van der Waals surface area contributed by atoms with Crippen LogP contribution < -0.4 is 0 Å². The Bertz CT molecular complexity index is 3310. The van der Waals surface area contributed by atoms with Crippen molar-refractivity contribution in [3.05, 3.63) is 98.7 Å². The van der Waals surface area contributed by atoms with Crippen LogP contribution >= 0.6 is 11.6 Å². The van der Waals surface area contributed by atoms with Gasteiger partial charge < -0.3 is 0 Å². The monoisotopic (exact) mass is 1050 g/mol. The SMILES string of the molecule is CC1(S(=O)(=O)Cc2nn(CC(F)(F)F)c3c(-c4ccc(C#CC(C)(C)S(=O)(=O)C5(C)CC5)nc4[C@@H](CC(=O)Cn4nc(C(F)(F)F)c5c4C(F)(F)[C@@H]4C[C@H]54)Cc4cc(F)cc(F)c4)ccc(Cl)c23)CC1. The van der Waals surface area contributed by atoms with Crippen molar-refractivity contribution >= 4 is 48.0 Å². The number of nitrogens with zero attached hydrogens (tertiary/aromatic N) is 5. The molecular formula is C47H42ClF10N5O5S2. The highest BCUT2D eigenvalue weighted by Gasteiger charge is 2.68. The highest BCUT2D eigenvalue weighted by Crippen LogP contribution is 2.68. The van der Waals surface area contributed by atoms with Gasteiger partial charge >= 0.3 is 12.4 Å². The third-order valence-electron chi connectivity index (χ3n) is 14.0. The average molecular weight is 1050 g/mol. The van der Waals surface area contributed by atoms with E-state index in [0.717, 1.165) is 12.1 Å². The fourth-order valence-corrected chi connectivity index (χ4v) is 13.6. The van der Waals surface area contributed by atoms with E-state index in [1.54, 1.807) is 6.92 Å². The summed E-state index contributed by atoms with van der Waals surface area (Å²) in [6, 6.07) is 7.51. The van der Waals surface area contributed by atoms with E-state index in [1.807, 2.05) is 0 Å². The molecule has 5 aromatic rings. The fraction of sp³-hybridized carbons (Fsp3) is 0.489. The highest BCUT2D eigenvalue weighted by molar-refractivity contribution is 7.94. The molecule has 0 bridgehead atoms. The number of benzene rings is 2. The number of fused-ring (bicyclic) bond motifs is 4. The zero-order valence-corrected chi connectivity index (χ0v) is 40.0. The number of carbonyl (C=O) groups is 1. The van der Waals surface area contributed by atoms with Crippen LogP contribution in [-0.4, -0.2) is 67.6 Å². The highest BCUT2D eigenvalue weighted by atomic mass is 35.5. The Labute approximate surface area is 400 Å². The van der Waals surface area contributed by atoms with Gasteiger partial charge in [-0.05, 0) is 114 Å². The van der Waals surface area contributed by atoms with Crippen molar-refractivity contribution in [3.8, 4) is 23.0 Å². The van der Waals surface area contributed by atoms with Crippen LogP contribution in [0.25, 0.3) is 22.0 Å². The number of aromatic nitrogens is 5. The average Bonchev–Trinajstić information content (AvgIpc) is 4.19. The van der Waals surface area contributed by atoms with Crippen molar-refractivity contribution in [1.82, 2.24) is 24.5 Å². The third-order valence-corrected chi connectivity index (χ3v) is 20.1. The second-order valence-electron chi connectivity index (χ2n) is 19.8. The summed E-state index contributed by atoms with van der Waals surface area (Å²) in [7, 11) is -7.92. The van der Waals surface area contributed by atoms with Gasteiger partial charge in [0.05, 0.1) is 37.2 Å². The van der Waals surface area contributed by atoms with Crippen LogP contribution in [0.4, 0.5) is 43.9 Å². The van der Waals surface area contributed by atoms with Gasteiger partial charge in [0.2, 0.25) is 0 Å². The van der Waals surface area contributed by atoms with Crippen molar-refractivity contribution in [2.45, 2.75) is 136 Å². The Morgan fingerprint density at radius 2 is 1.51 bits per heavy atom. The molecule has 0 unspecified atom stereocenters. The summed E-state index contributed by atoms with van der Waals surface area (Å²) in [6.07, 6.45) is -10.3. The van der Waals surface area contributed by atoms with Gasteiger partial charge in [-0.2, -0.15) is 45.3 Å². The minimum Gasteiger partial charge on any atom is -0.298 e. The topological polar surface area (TPSA) is 134 Å². The van der Waals surface area contributed by atoms with E-state index in [-0.39, 0.29) is 56.1 Å². The maximum atomic E-state index is 15.6. The summed E-state index contributed by atoms with van der Waals surface area (Å²) in [4.78, 5) is 19.0. The summed E-state index contributed by atoms with van der Waals surface area (Å²) in [5.74, 6) is -6.25. The Kier molecular flexibility index (Phi) is 11.6. The van der Waals surface area contributed by atoms with Gasteiger partial charge in [0.25, 0.3) is 5.92 Å². The van der Waals surface area contributed by atoms with Crippen molar-refractivity contribution in [1.29, 1.82) is 0 Å². The van der Waals surface area contributed by atoms with Gasteiger partial charge in [0.15, 0.2) is 31.2 Å². The molecule has 0 N–H and O–H groups in total. The number of alkyl halides is 8. The van der Waals surface area contributed by atoms with Crippen LogP contribution in [0.1, 0.15) is 118 Å². The molecule has 3 aromatic heterocycles. The standard InChI is InChI=1S/C47H42ClF10N5O5S2/c1-42(2,70(67,68)44(4)13-14-44)10-9-28-5-6-30(31-7-8-34(48)37-35(22-69(65,66)43(3)11-12-43)60-63(39(31)37)23-45(51,52)53)38(59-28)25(15-24-16-26(49)19-27(50)17-24)18-29(64)21-62-41-36(40(61-62)47(56,57)58)32-20-33(32)46(41,54)55/h5-8,16-17,19,25,32-33H,11-15,18,20-23H2,1-4H3/t25-,32+,33-/m1/s1. The molecule has 3 atom stereocenters. The van der Waals surface area contributed by atoms with Gasteiger partial charge in [-0.15, -0.1) is 0 Å². The molecular weight excluding hydrogens is 1000 g/mol. The molecule has 9 rings (SSSR count). The van der Waals surface area contributed by atoms with Crippen LogP contribution in [0.3, 0.4) is 0 Å². The lowest BCUT2D eigenvalue weighted by Crippen LogP contribution is -2.38. The number of rotatable bonds is 14. The second-order valence-corrected chi connectivity index (χ2v) is 25.8. The zero-order valence-electron chi connectivity index (χ0n) is 37.6. The largest absolute Gasteiger partial charge is 0.435 e. The number of Topliss-reactive ketones (excluding diaryl/α,β-unsaturated/α-hetero) is 1. The number of ketones is 1. The minimum absolute atomic E-state index is 0.0860. The molecule has 4 aliphatic rings. The van der Waals surface area contributed by atoms with Crippen molar-refractivity contribution in [3.63, 3.8) is 0 Å². The fourth-order valence-electron chi connectivity index (χ4n) is 9.60. The molecule has 374 valence electrons. The Morgan fingerprint density at radius 1 is 0.886 bits per heavy atom. The molecule has 3 fully saturated rings. The van der Waals surface area contributed by atoms with E-state index in [0.29, 0.717) is 41.1 Å². The molecule has 3 heterocycles. The molecule has 2 aromatic carbocycles. The third kappa shape index (κ3) is 8.79. The van der Waals surface area contributed by atoms with Gasteiger partial charge in [-0.3, -0.25) is 14.2 Å². The van der Waals surface area contributed by atoms with E-state index in [4.69, 9.17) is 16.6 Å². The predicted octanol–water partition coefficient (Wildman–Crippen LogP) is 10.6. The van der Waals surface area contributed by atoms with Crippen LogP contribution in [0.15, 0.2) is 42.5 Å². The maximum Gasteiger partial charge on any atom is 0.435 e. The van der Waals surface area contributed by atoms with Gasteiger partial charge in [-0.1, -0.05) is 23.6 Å². The smallest absolute Gasteiger partial charge is 0.298 e. The predicted molar refractivity (Wildman–Crippen MR) is 236 cm³/mol. The first-order valence-corrected chi connectivity index (χ1v) is 25.6. The quantitative estimate of drug-likeness (QED) is 0.0793. The summed E-state index contributed by atoms with van der Waals surface area (Å²) in [6.45, 7) is 2.93. The summed E-state index contributed by atoms with van der Waals surface area (Å²) in [5, 5.41) is 7.22. The van der Waals surface area contributed by atoms with E-state index >= 15 is 8.78 Å². The number of pyridine rings is 1. The van der Waals surface area contributed by atoms with Crippen LogP contribution in [-0.2, 0) is 61.8 Å². The van der Waals surface area contributed by atoms with Gasteiger partial charge in [0, 0.05) is 46.4 Å². The zero-order chi connectivity index (χ0) is 51.1. The number of carbonyl (C=O) groups excluding carboxylic acids is 1. The number of sulfone groups is 2. The lowest BCUT2D eigenvalue weighted by molar-refractivity contribution is -0.143. The Morgan fingerprint density at radius 3 is 2.11 bits per heavy atom. The molecule has 0 radical (unpaired) electrons. The van der Waals surface area contributed by atoms with E-state index in [9.17, 15) is 56.8 Å². The molecule has 10 nitrogen and oxygen atoms in total. The molecule has 0 spiro atoms. The molecule has 0 saturated heterocycles.